The first kappa shape index (κ1) is 9.16. The van der Waals surface area contributed by atoms with Crippen molar-refractivity contribution in [2.75, 3.05) is 7.11 Å². The molecule has 0 atom stereocenters. The second-order valence-electron chi connectivity index (χ2n) is 3.05. The molecular formula is C8H10F2O2. The molecule has 0 N–H and O–H groups in total. The summed E-state index contributed by atoms with van der Waals surface area (Å²) in [5, 5.41) is 0. The van der Waals surface area contributed by atoms with Crippen LogP contribution < -0.4 is 0 Å². The van der Waals surface area contributed by atoms with E-state index < -0.39 is 17.8 Å². The highest BCUT2D eigenvalue weighted by Crippen LogP contribution is 2.49. The maximum absolute atomic E-state index is 12.4. The van der Waals surface area contributed by atoms with Gasteiger partial charge < -0.3 is 4.74 Å². The Kier molecular flexibility index (Phi) is 2.17. The van der Waals surface area contributed by atoms with Gasteiger partial charge in [0.25, 0.3) is 6.43 Å². The lowest BCUT2D eigenvalue weighted by atomic mass is 9.66. The van der Waals surface area contributed by atoms with E-state index in [1.807, 2.05) is 0 Å². The van der Waals surface area contributed by atoms with Crippen molar-refractivity contribution in [3.05, 3.63) is 12.2 Å². The Labute approximate surface area is 69.2 Å². The zero-order chi connectivity index (χ0) is 9.35. The topological polar surface area (TPSA) is 26.3 Å². The molecule has 4 heteroatoms. The van der Waals surface area contributed by atoms with Crippen molar-refractivity contribution in [2.45, 2.75) is 19.3 Å². The Balaban J connectivity index is 2.76. The molecule has 1 aliphatic carbocycles. The van der Waals surface area contributed by atoms with Crippen LogP contribution in [0.2, 0.25) is 0 Å². The molecule has 1 aliphatic rings. The molecule has 68 valence electrons. The van der Waals surface area contributed by atoms with E-state index in [4.69, 9.17) is 0 Å². The summed E-state index contributed by atoms with van der Waals surface area (Å²) in [5.74, 6) is -0.829. The molecule has 0 aliphatic heterocycles. The number of allylic oxidation sites excluding steroid dienone is 1. The second kappa shape index (κ2) is 2.84. The van der Waals surface area contributed by atoms with Crippen LogP contribution in [0.15, 0.2) is 12.2 Å². The predicted molar refractivity (Wildman–Crippen MR) is 38.8 cm³/mol. The maximum atomic E-state index is 12.4. The first-order chi connectivity index (χ1) is 5.53. The lowest BCUT2D eigenvalue weighted by Gasteiger charge is -2.39. The zero-order valence-corrected chi connectivity index (χ0v) is 6.77. The fourth-order valence-corrected chi connectivity index (χ4v) is 1.43. The zero-order valence-electron chi connectivity index (χ0n) is 6.77. The minimum absolute atomic E-state index is 0.0529. The highest BCUT2D eigenvalue weighted by molar-refractivity contribution is 5.80. The predicted octanol–water partition coefficient (Wildman–Crippen LogP) is 1.76. The van der Waals surface area contributed by atoms with E-state index in [9.17, 15) is 13.6 Å². The van der Waals surface area contributed by atoms with Crippen molar-refractivity contribution in [3.63, 3.8) is 0 Å². The number of ether oxygens (including phenoxy) is 1. The van der Waals surface area contributed by atoms with Gasteiger partial charge in [-0.3, -0.25) is 4.79 Å². The van der Waals surface area contributed by atoms with E-state index in [1.54, 1.807) is 0 Å². The molecule has 0 heterocycles. The van der Waals surface area contributed by atoms with Crippen LogP contribution in [0.4, 0.5) is 8.78 Å². The summed E-state index contributed by atoms with van der Waals surface area (Å²) in [4.78, 5) is 11.0. The first-order valence-corrected chi connectivity index (χ1v) is 3.56. The molecule has 0 aromatic rings. The average molecular weight is 176 g/mol. The number of hydrogen-bond acceptors (Lipinski definition) is 2. The second-order valence-corrected chi connectivity index (χ2v) is 3.05. The Bertz CT molecular complexity index is 215. The molecule has 0 unspecified atom stereocenters. The Morgan fingerprint density at radius 1 is 1.67 bits per heavy atom. The third kappa shape index (κ3) is 1.11. The highest BCUT2D eigenvalue weighted by atomic mass is 19.3. The number of carbonyl (C=O) groups is 1. The number of hydrogen-bond donors (Lipinski definition) is 0. The number of rotatable bonds is 2. The fraction of sp³-hybridized carbons (Fsp3) is 0.625. The van der Waals surface area contributed by atoms with Gasteiger partial charge >= 0.3 is 5.97 Å². The largest absolute Gasteiger partial charge is 0.468 e. The van der Waals surface area contributed by atoms with Gasteiger partial charge in [-0.2, -0.15) is 0 Å². The van der Waals surface area contributed by atoms with Crippen LogP contribution in [0.25, 0.3) is 0 Å². The molecule has 0 aromatic heterocycles. The van der Waals surface area contributed by atoms with Crippen LogP contribution in [-0.4, -0.2) is 19.5 Å². The van der Waals surface area contributed by atoms with Crippen LogP contribution in [-0.2, 0) is 9.53 Å². The Morgan fingerprint density at radius 2 is 2.17 bits per heavy atom. The molecule has 0 radical (unpaired) electrons. The van der Waals surface area contributed by atoms with E-state index >= 15 is 0 Å². The molecule has 0 amide bonds. The van der Waals surface area contributed by atoms with Gasteiger partial charge in [0.1, 0.15) is 5.41 Å². The van der Waals surface area contributed by atoms with Crippen LogP contribution in [0.5, 0.6) is 0 Å². The highest BCUT2D eigenvalue weighted by Gasteiger charge is 2.54. The number of methoxy groups -OCH3 is 1. The summed E-state index contributed by atoms with van der Waals surface area (Å²) < 4.78 is 29.1. The number of carbonyl (C=O) groups excluding carboxylic acids is 1. The first-order valence-electron chi connectivity index (χ1n) is 3.56. The Morgan fingerprint density at radius 3 is 2.42 bits per heavy atom. The summed E-state index contributed by atoms with van der Waals surface area (Å²) in [6.45, 7) is 3.51. The minimum atomic E-state index is -2.66. The van der Waals surface area contributed by atoms with Crippen molar-refractivity contribution >= 4 is 5.97 Å². The molecule has 1 saturated carbocycles. The van der Waals surface area contributed by atoms with Gasteiger partial charge in [-0.25, -0.2) is 8.78 Å². The quantitative estimate of drug-likeness (QED) is 0.473. The summed E-state index contributed by atoms with van der Waals surface area (Å²) in [7, 11) is 1.12. The van der Waals surface area contributed by atoms with Gasteiger partial charge in [-0.05, 0) is 12.8 Å². The van der Waals surface area contributed by atoms with E-state index in [-0.39, 0.29) is 12.8 Å². The molecule has 1 fully saturated rings. The SMILES string of the molecule is C=C1CC(C(=O)OC)(C(F)F)C1. The Hall–Kier alpha value is -0.930. The third-order valence-corrected chi connectivity index (χ3v) is 2.14. The van der Waals surface area contributed by atoms with E-state index in [1.165, 1.54) is 0 Å². The molecule has 12 heavy (non-hydrogen) atoms. The van der Waals surface area contributed by atoms with Gasteiger partial charge in [0.05, 0.1) is 7.11 Å². The van der Waals surface area contributed by atoms with Gasteiger partial charge in [0, 0.05) is 0 Å². The van der Waals surface area contributed by atoms with Crippen LogP contribution in [0, 0.1) is 5.41 Å². The molecular weight excluding hydrogens is 166 g/mol. The van der Waals surface area contributed by atoms with Crippen LogP contribution >= 0.6 is 0 Å². The molecule has 0 spiro atoms. The maximum Gasteiger partial charge on any atom is 0.318 e. The van der Waals surface area contributed by atoms with Crippen molar-refractivity contribution in [1.29, 1.82) is 0 Å². The molecule has 2 nitrogen and oxygen atoms in total. The average Bonchev–Trinajstić information content (AvgIpc) is 1.96. The summed E-state index contributed by atoms with van der Waals surface area (Å²) in [6, 6.07) is 0. The normalized spacial score (nSPS) is 20.5. The van der Waals surface area contributed by atoms with Crippen molar-refractivity contribution in [3.8, 4) is 0 Å². The van der Waals surface area contributed by atoms with Crippen LogP contribution in [0.1, 0.15) is 12.8 Å². The summed E-state index contributed by atoms with van der Waals surface area (Å²) in [6.07, 6.45) is -2.55. The monoisotopic (exact) mass is 176 g/mol. The molecule has 1 rings (SSSR count). The number of alkyl halides is 2. The van der Waals surface area contributed by atoms with Crippen LogP contribution in [0.3, 0.4) is 0 Å². The molecule has 0 bridgehead atoms. The number of halogens is 2. The van der Waals surface area contributed by atoms with Gasteiger partial charge in [0.2, 0.25) is 0 Å². The van der Waals surface area contributed by atoms with Gasteiger partial charge in [0.15, 0.2) is 0 Å². The molecule has 0 aromatic carbocycles. The fourth-order valence-electron chi connectivity index (χ4n) is 1.43. The van der Waals surface area contributed by atoms with Crippen molar-refractivity contribution in [1.82, 2.24) is 0 Å². The van der Waals surface area contributed by atoms with E-state index in [0.717, 1.165) is 7.11 Å². The van der Waals surface area contributed by atoms with Crippen molar-refractivity contribution < 1.29 is 18.3 Å². The summed E-state index contributed by atoms with van der Waals surface area (Å²) >= 11 is 0. The third-order valence-electron chi connectivity index (χ3n) is 2.14. The van der Waals surface area contributed by atoms with Crippen molar-refractivity contribution in [2.24, 2.45) is 5.41 Å². The van der Waals surface area contributed by atoms with E-state index in [0.29, 0.717) is 5.57 Å². The number of esters is 1. The lowest BCUT2D eigenvalue weighted by molar-refractivity contribution is -0.168. The minimum Gasteiger partial charge on any atom is -0.468 e. The van der Waals surface area contributed by atoms with Gasteiger partial charge in [-0.1, -0.05) is 12.2 Å². The summed E-state index contributed by atoms with van der Waals surface area (Å²) in [5.41, 5.74) is -0.910. The van der Waals surface area contributed by atoms with Gasteiger partial charge in [-0.15, -0.1) is 0 Å². The smallest absolute Gasteiger partial charge is 0.318 e. The lowest BCUT2D eigenvalue weighted by Crippen LogP contribution is -2.46. The van der Waals surface area contributed by atoms with E-state index in [2.05, 4.69) is 11.3 Å². The molecule has 0 saturated heterocycles. The standard InChI is InChI=1S/C8H10F2O2/c1-5-3-8(4-5,6(9)10)7(11)12-2/h6H,1,3-4H2,2H3.